The van der Waals surface area contributed by atoms with Crippen molar-refractivity contribution in [3.63, 3.8) is 0 Å². The Morgan fingerprint density at radius 1 is 0.818 bits per heavy atom. The van der Waals surface area contributed by atoms with E-state index in [1.165, 1.54) is 11.3 Å². The number of carbonyl (C=O) groups is 1. The van der Waals surface area contributed by atoms with Crippen LogP contribution in [0.4, 0.5) is 9.80 Å². The summed E-state index contributed by atoms with van der Waals surface area (Å²) in [7, 11) is 0. The molecule has 0 fully saturated rings. The molecule has 0 atom stereocenters. The van der Waals surface area contributed by atoms with Gasteiger partial charge in [0.05, 0.1) is 17.2 Å². The summed E-state index contributed by atoms with van der Waals surface area (Å²) in [5.41, 5.74) is 9.27. The average Bonchev–Trinajstić information content (AvgIpc) is 3.49. The molecule has 4 aromatic rings. The summed E-state index contributed by atoms with van der Waals surface area (Å²) >= 11 is 13.7. The first-order valence-corrected chi connectivity index (χ1v) is 11.9. The molecule has 5 rings (SSSR count). The van der Waals surface area contributed by atoms with Crippen LogP contribution in [0.5, 0.6) is 0 Å². The molecule has 3 aromatic carbocycles. The SMILES string of the molecule is O=C(Nc1cc(-c2ccccc2)cs1)N1CC(c2ccc(Cl)cc2)=C(c2ccc(Cl)cc2)N1. The van der Waals surface area contributed by atoms with E-state index >= 15 is 0 Å². The van der Waals surface area contributed by atoms with Crippen molar-refractivity contribution in [3.05, 3.63) is 111 Å². The summed E-state index contributed by atoms with van der Waals surface area (Å²) in [4.78, 5) is 13.1. The van der Waals surface area contributed by atoms with Gasteiger partial charge < -0.3 is 0 Å². The molecule has 164 valence electrons. The zero-order valence-corrected chi connectivity index (χ0v) is 19.7. The standard InChI is InChI=1S/C26H19Cl2N3OS/c27-21-10-6-18(7-11-21)23-15-31(30-25(23)19-8-12-22(28)13-9-19)26(32)29-24-14-20(16-33-24)17-4-2-1-3-5-17/h1-14,16,30H,15H2,(H,29,32). The highest BCUT2D eigenvalue weighted by atomic mass is 35.5. The van der Waals surface area contributed by atoms with E-state index in [1.54, 1.807) is 5.01 Å². The van der Waals surface area contributed by atoms with E-state index in [4.69, 9.17) is 23.2 Å². The number of hydrogen-bond acceptors (Lipinski definition) is 3. The molecule has 0 aliphatic carbocycles. The molecule has 0 spiro atoms. The summed E-state index contributed by atoms with van der Waals surface area (Å²) < 4.78 is 0. The van der Waals surface area contributed by atoms with Crippen LogP contribution in [0.2, 0.25) is 10.0 Å². The van der Waals surface area contributed by atoms with Crippen LogP contribution >= 0.6 is 34.5 Å². The van der Waals surface area contributed by atoms with Crippen molar-refractivity contribution >= 4 is 56.8 Å². The summed E-state index contributed by atoms with van der Waals surface area (Å²) in [6.07, 6.45) is 0. The number of amides is 2. The highest BCUT2D eigenvalue weighted by Gasteiger charge is 2.27. The lowest BCUT2D eigenvalue weighted by Crippen LogP contribution is -2.40. The van der Waals surface area contributed by atoms with E-state index in [9.17, 15) is 4.79 Å². The second kappa shape index (κ2) is 9.32. The van der Waals surface area contributed by atoms with E-state index in [2.05, 4.69) is 22.9 Å². The van der Waals surface area contributed by atoms with Gasteiger partial charge in [-0.05, 0) is 52.6 Å². The van der Waals surface area contributed by atoms with E-state index in [0.29, 0.717) is 16.6 Å². The minimum atomic E-state index is -0.230. The van der Waals surface area contributed by atoms with Gasteiger partial charge in [-0.2, -0.15) is 0 Å². The molecule has 0 bridgehead atoms. The van der Waals surface area contributed by atoms with Crippen LogP contribution in [-0.2, 0) is 0 Å². The molecule has 0 radical (unpaired) electrons. The molecule has 4 nitrogen and oxygen atoms in total. The Bertz CT molecular complexity index is 1260. The monoisotopic (exact) mass is 491 g/mol. The number of benzene rings is 3. The predicted molar refractivity (Wildman–Crippen MR) is 138 cm³/mol. The fourth-order valence-electron chi connectivity index (χ4n) is 3.70. The first kappa shape index (κ1) is 21.6. The number of hydrazine groups is 1. The number of rotatable bonds is 4. The number of hydrogen-bond donors (Lipinski definition) is 2. The first-order chi connectivity index (χ1) is 16.1. The van der Waals surface area contributed by atoms with Crippen LogP contribution in [0.25, 0.3) is 22.4 Å². The molecule has 0 saturated carbocycles. The fraction of sp³-hybridized carbons (Fsp3) is 0.0385. The Labute approximate surface area is 206 Å². The van der Waals surface area contributed by atoms with Crippen LogP contribution in [0.15, 0.2) is 90.3 Å². The van der Waals surface area contributed by atoms with Gasteiger partial charge in [0.25, 0.3) is 0 Å². The minimum absolute atomic E-state index is 0.230. The van der Waals surface area contributed by atoms with Crippen LogP contribution in [0, 0.1) is 0 Å². The lowest BCUT2D eigenvalue weighted by Gasteiger charge is -2.18. The molecule has 7 heteroatoms. The van der Waals surface area contributed by atoms with Crippen molar-refractivity contribution in [2.24, 2.45) is 0 Å². The third-order valence-electron chi connectivity index (χ3n) is 5.37. The van der Waals surface area contributed by atoms with Gasteiger partial charge in [-0.1, -0.05) is 77.8 Å². The van der Waals surface area contributed by atoms with Crippen molar-refractivity contribution in [2.75, 3.05) is 11.9 Å². The van der Waals surface area contributed by atoms with Gasteiger partial charge in [0.2, 0.25) is 0 Å². The van der Waals surface area contributed by atoms with Gasteiger partial charge >= 0.3 is 6.03 Å². The second-order valence-corrected chi connectivity index (χ2v) is 9.35. The molecule has 0 unspecified atom stereocenters. The Hall–Kier alpha value is -3.25. The van der Waals surface area contributed by atoms with Crippen molar-refractivity contribution in [3.8, 4) is 11.1 Å². The summed E-state index contributed by atoms with van der Waals surface area (Å²) in [5.74, 6) is 0. The summed E-state index contributed by atoms with van der Waals surface area (Å²) in [6.45, 7) is 0.405. The molecular formula is C26H19Cl2N3OS. The zero-order valence-electron chi connectivity index (χ0n) is 17.4. The highest BCUT2D eigenvalue weighted by molar-refractivity contribution is 7.14. The zero-order chi connectivity index (χ0) is 22.8. The maximum Gasteiger partial charge on any atom is 0.341 e. The van der Waals surface area contributed by atoms with Crippen LogP contribution in [-0.4, -0.2) is 17.6 Å². The third kappa shape index (κ3) is 4.76. The number of anilines is 1. The second-order valence-electron chi connectivity index (χ2n) is 7.56. The molecule has 33 heavy (non-hydrogen) atoms. The summed E-state index contributed by atoms with van der Waals surface area (Å²) in [6, 6.07) is 27.0. The largest absolute Gasteiger partial charge is 0.341 e. The van der Waals surface area contributed by atoms with E-state index in [-0.39, 0.29) is 6.03 Å². The molecular weight excluding hydrogens is 473 g/mol. The van der Waals surface area contributed by atoms with Gasteiger partial charge in [0, 0.05) is 21.0 Å². The van der Waals surface area contributed by atoms with E-state index < -0.39 is 0 Å². The minimum Gasteiger partial charge on any atom is -0.298 e. The molecule has 2 heterocycles. The maximum atomic E-state index is 13.1. The van der Waals surface area contributed by atoms with Gasteiger partial charge in [-0.25, -0.2) is 9.80 Å². The van der Waals surface area contributed by atoms with Gasteiger partial charge in [-0.3, -0.25) is 10.7 Å². The molecule has 1 aromatic heterocycles. The number of nitrogens with one attached hydrogen (secondary N) is 2. The maximum absolute atomic E-state index is 13.1. The Balaban J connectivity index is 1.38. The molecule has 2 amide bonds. The van der Waals surface area contributed by atoms with Gasteiger partial charge in [0.15, 0.2) is 0 Å². The van der Waals surface area contributed by atoms with Crippen molar-refractivity contribution in [1.82, 2.24) is 10.4 Å². The van der Waals surface area contributed by atoms with Gasteiger partial charge in [-0.15, -0.1) is 11.3 Å². The number of urea groups is 1. The normalized spacial score (nSPS) is 13.2. The highest BCUT2D eigenvalue weighted by Crippen LogP contribution is 2.33. The topological polar surface area (TPSA) is 44.4 Å². The fourth-order valence-corrected chi connectivity index (χ4v) is 4.75. The van der Waals surface area contributed by atoms with Crippen LogP contribution < -0.4 is 10.7 Å². The smallest absolute Gasteiger partial charge is 0.298 e. The average molecular weight is 492 g/mol. The van der Waals surface area contributed by atoms with Crippen molar-refractivity contribution in [2.45, 2.75) is 0 Å². The van der Waals surface area contributed by atoms with Gasteiger partial charge in [0.1, 0.15) is 0 Å². The Kier molecular flexibility index (Phi) is 6.09. The quantitative estimate of drug-likeness (QED) is 0.308. The van der Waals surface area contributed by atoms with E-state index in [1.807, 2.05) is 78.2 Å². The molecule has 1 aliphatic heterocycles. The van der Waals surface area contributed by atoms with Crippen molar-refractivity contribution < 1.29 is 4.79 Å². The Morgan fingerprint density at radius 2 is 1.45 bits per heavy atom. The van der Waals surface area contributed by atoms with E-state index in [0.717, 1.165) is 38.5 Å². The molecule has 2 N–H and O–H groups in total. The number of thiophene rings is 1. The first-order valence-electron chi connectivity index (χ1n) is 10.3. The third-order valence-corrected chi connectivity index (χ3v) is 6.72. The predicted octanol–water partition coefficient (Wildman–Crippen LogP) is 7.64. The number of nitrogens with zero attached hydrogens (tertiary/aromatic N) is 1. The molecule has 1 aliphatic rings. The summed E-state index contributed by atoms with van der Waals surface area (Å²) in [5, 5.41) is 8.74. The van der Waals surface area contributed by atoms with Crippen LogP contribution in [0.3, 0.4) is 0 Å². The van der Waals surface area contributed by atoms with Crippen LogP contribution in [0.1, 0.15) is 11.1 Å². The lowest BCUT2D eigenvalue weighted by atomic mass is 10.0. The number of halogens is 2. The Morgan fingerprint density at radius 3 is 2.12 bits per heavy atom. The molecule has 0 saturated heterocycles. The van der Waals surface area contributed by atoms with Crippen molar-refractivity contribution in [1.29, 1.82) is 0 Å². The lowest BCUT2D eigenvalue weighted by molar-refractivity contribution is 0.210. The number of carbonyl (C=O) groups excluding carboxylic acids is 1.